The van der Waals surface area contributed by atoms with Gasteiger partial charge in [0.15, 0.2) is 6.29 Å². The molecule has 0 unspecified atom stereocenters. The average molecular weight is 291 g/mol. The molecule has 0 saturated heterocycles. The monoisotopic (exact) mass is 291 g/mol. The van der Waals surface area contributed by atoms with Gasteiger partial charge in [0.25, 0.3) is 0 Å². The predicted molar refractivity (Wildman–Crippen MR) is 47.1 cm³/mol. The maximum absolute atomic E-state index is 7.92. The van der Waals surface area contributed by atoms with Crippen LogP contribution in [0.25, 0.3) is 0 Å². The number of aliphatic hydroxyl groups excluding tert-OH is 1. The second-order valence-corrected chi connectivity index (χ2v) is 3.50. The van der Waals surface area contributed by atoms with E-state index in [-0.39, 0.29) is 24.0 Å². The van der Waals surface area contributed by atoms with Crippen molar-refractivity contribution in [1.29, 1.82) is 0 Å². The first-order valence-corrected chi connectivity index (χ1v) is 4.00. The quantitative estimate of drug-likeness (QED) is 0.333. The predicted octanol–water partition coefficient (Wildman–Crippen LogP) is -2.58. The largest absolute Gasteiger partial charge is 1.00 e. The molecule has 4 heteroatoms. The zero-order valence-electron chi connectivity index (χ0n) is 8.71. The maximum Gasteiger partial charge on any atom is 0.151 e. The minimum Gasteiger partial charge on any atom is -1.00 e. The summed E-state index contributed by atoms with van der Waals surface area (Å²) in [6, 6.07) is 0. The Morgan fingerprint density at radius 1 is 1.08 bits per heavy atom. The van der Waals surface area contributed by atoms with Crippen LogP contribution in [-0.2, 0) is 0 Å². The van der Waals surface area contributed by atoms with Gasteiger partial charge in [-0.15, -0.1) is 0 Å². The Bertz CT molecular complexity index is 81.6. The van der Waals surface area contributed by atoms with Gasteiger partial charge in [-0.1, -0.05) is 6.92 Å². The van der Waals surface area contributed by atoms with E-state index in [9.17, 15) is 0 Å². The van der Waals surface area contributed by atoms with Crippen LogP contribution in [0.2, 0.25) is 0 Å². The van der Waals surface area contributed by atoms with E-state index in [0.717, 1.165) is 4.48 Å². The van der Waals surface area contributed by atoms with Gasteiger partial charge in [0.05, 0.1) is 27.7 Å². The van der Waals surface area contributed by atoms with Gasteiger partial charge in [-0.2, -0.15) is 0 Å². The highest BCUT2D eigenvalue weighted by Crippen LogP contribution is 1.83. The van der Waals surface area contributed by atoms with Gasteiger partial charge in [0.1, 0.15) is 0 Å². The van der Waals surface area contributed by atoms with E-state index in [2.05, 4.69) is 28.1 Å². The van der Waals surface area contributed by atoms with Gasteiger partial charge in [-0.3, -0.25) is 0 Å². The van der Waals surface area contributed by atoms with Crippen molar-refractivity contribution >= 4 is 0 Å². The first kappa shape index (κ1) is 18.4. The molecule has 0 aromatic rings. The van der Waals surface area contributed by atoms with E-state index < -0.39 is 6.29 Å². The van der Waals surface area contributed by atoms with Gasteiger partial charge in [0.2, 0.25) is 0 Å². The molecule has 0 aromatic heterocycles. The van der Waals surface area contributed by atoms with E-state index in [1.165, 1.54) is 6.54 Å². The zero-order valence-corrected chi connectivity index (χ0v) is 10.9. The van der Waals surface area contributed by atoms with E-state index >= 15 is 0 Å². The van der Waals surface area contributed by atoms with Gasteiger partial charge >= 0.3 is 0 Å². The van der Waals surface area contributed by atoms with Gasteiger partial charge in [0, 0.05) is 0 Å². The topological polar surface area (TPSA) is 40.5 Å². The van der Waals surface area contributed by atoms with E-state index in [1.54, 1.807) is 6.92 Å². The second kappa shape index (κ2) is 9.70. The first-order chi connectivity index (χ1) is 4.83. The molecule has 0 aromatic carbocycles. The summed E-state index contributed by atoms with van der Waals surface area (Å²) in [6.45, 7) is 5.09. The molecule has 0 bridgehead atoms. The van der Waals surface area contributed by atoms with Crippen LogP contribution in [0.1, 0.15) is 20.3 Å². The molecule has 0 spiro atoms. The fourth-order valence-corrected chi connectivity index (χ4v) is 0. The maximum atomic E-state index is 7.92. The molecule has 0 atom stereocenters. The van der Waals surface area contributed by atoms with Crippen molar-refractivity contribution in [2.24, 2.45) is 0 Å². The first-order valence-electron chi connectivity index (χ1n) is 4.00. The number of aliphatic hydroxyl groups is 2. The normalized spacial score (nSPS) is 10.0. The molecule has 0 fully saturated rings. The summed E-state index contributed by atoms with van der Waals surface area (Å²) in [5.74, 6) is 0. The lowest BCUT2D eigenvalue weighted by Gasteiger charge is -2.20. The lowest BCUT2D eigenvalue weighted by Crippen LogP contribution is -3.00. The molecule has 0 amide bonds. The molecule has 0 rings (SSSR count). The minimum absolute atomic E-state index is 0. The minimum atomic E-state index is -1.12. The van der Waals surface area contributed by atoms with Crippen LogP contribution in [0.3, 0.4) is 0 Å². The van der Waals surface area contributed by atoms with E-state index in [1.807, 2.05) is 0 Å². The highest BCUT2D eigenvalue weighted by atomic mass is 127. The Morgan fingerprint density at radius 3 is 1.25 bits per heavy atom. The number of nitrogens with zero attached hydrogens (tertiary/aromatic N) is 1. The number of hydrogen-bond acceptors (Lipinski definition) is 2. The van der Waals surface area contributed by atoms with Gasteiger partial charge < -0.3 is 38.7 Å². The Labute approximate surface area is 93.0 Å². The molecular formula is C8H22INO2. The number of quaternary nitrogens is 1. The molecule has 0 aliphatic rings. The number of rotatable bonds is 2. The molecule has 12 heavy (non-hydrogen) atoms. The van der Waals surface area contributed by atoms with Crippen LogP contribution >= 0.6 is 0 Å². The van der Waals surface area contributed by atoms with Crippen molar-refractivity contribution in [3.05, 3.63) is 0 Å². The van der Waals surface area contributed by atoms with Crippen LogP contribution in [0.5, 0.6) is 0 Å². The smallest absolute Gasteiger partial charge is 0.151 e. The van der Waals surface area contributed by atoms with Crippen LogP contribution in [0, 0.1) is 0 Å². The van der Waals surface area contributed by atoms with Crippen molar-refractivity contribution in [2.45, 2.75) is 26.6 Å². The molecule has 0 heterocycles. The van der Waals surface area contributed by atoms with Crippen LogP contribution < -0.4 is 24.0 Å². The van der Waals surface area contributed by atoms with Gasteiger partial charge in [-0.25, -0.2) is 0 Å². The van der Waals surface area contributed by atoms with Crippen molar-refractivity contribution in [3.63, 3.8) is 0 Å². The van der Waals surface area contributed by atoms with Crippen molar-refractivity contribution in [2.75, 3.05) is 27.7 Å². The second-order valence-electron chi connectivity index (χ2n) is 3.50. The van der Waals surface area contributed by atoms with Crippen molar-refractivity contribution in [1.82, 2.24) is 0 Å². The summed E-state index contributed by atoms with van der Waals surface area (Å²) in [5.41, 5.74) is 0. The molecule has 3 nitrogen and oxygen atoms in total. The molecule has 0 saturated carbocycles. The van der Waals surface area contributed by atoms with Crippen LogP contribution in [0.15, 0.2) is 0 Å². The summed E-state index contributed by atoms with van der Waals surface area (Å²) < 4.78 is 1.07. The highest BCUT2D eigenvalue weighted by molar-refractivity contribution is 4.21. The summed E-state index contributed by atoms with van der Waals surface area (Å²) >= 11 is 0. The highest BCUT2D eigenvalue weighted by Gasteiger charge is 1.97. The lowest BCUT2D eigenvalue weighted by molar-refractivity contribution is -0.868. The number of hydrogen-bond donors (Lipinski definition) is 2. The van der Waals surface area contributed by atoms with Crippen LogP contribution in [0.4, 0.5) is 0 Å². The Morgan fingerprint density at radius 2 is 1.25 bits per heavy atom. The molecule has 0 radical (unpaired) electrons. The third-order valence-corrected chi connectivity index (χ3v) is 1.31. The molecule has 0 aliphatic heterocycles. The summed E-state index contributed by atoms with van der Waals surface area (Å²) in [7, 11) is 6.54. The standard InChI is InChI=1S/C5H14N.C3H8O2.HI/c1-5-6(2,3)4;1-2-3(4)5;/h5H2,1-4H3;3-5H,2H2,1H3;1H/q+1;;/p-1. The van der Waals surface area contributed by atoms with Gasteiger partial charge in [-0.05, 0) is 13.3 Å². The summed E-state index contributed by atoms with van der Waals surface area (Å²) in [4.78, 5) is 0. The zero-order chi connectivity index (χ0) is 9.49. The van der Waals surface area contributed by atoms with Crippen molar-refractivity contribution in [3.8, 4) is 0 Å². The summed E-state index contributed by atoms with van der Waals surface area (Å²) in [6.07, 6.45) is -0.699. The molecule has 2 N–H and O–H groups in total. The van der Waals surface area contributed by atoms with E-state index in [0.29, 0.717) is 6.42 Å². The number of halogens is 1. The van der Waals surface area contributed by atoms with Crippen molar-refractivity contribution < 1.29 is 38.7 Å². The lowest BCUT2D eigenvalue weighted by atomic mass is 10.5. The third-order valence-electron chi connectivity index (χ3n) is 1.31. The SMILES string of the molecule is CCC(O)O.CC[N+](C)(C)C.[I-]. The molecule has 78 valence electrons. The fraction of sp³-hybridized carbons (Fsp3) is 1.00. The Balaban J connectivity index is -0.000000126. The fourth-order valence-electron chi connectivity index (χ4n) is 0. The molecule has 0 aliphatic carbocycles. The third kappa shape index (κ3) is 31.1. The van der Waals surface area contributed by atoms with E-state index in [4.69, 9.17) is 10.2 Å². The summed E-state index contributed by atoms with van der Waals surface area (Å²) in [5, 5.41) is 15.8. The molecular weight excluding hydrogens is 269 g/mol. The average Bonchev–Trinajstić information content (AvgIpc) is 1.88. The Kier molecular flexibility index (Phi) is 14.9. The Hall–Kier alpha value is 0.610. The van der Waals surface area contributed by atoms with Crippen LogP contribution in [-0.4, -0.2) is 48.7 Å².